The van der Waals surface area contributed by atoms with Crippen molar-refractivity contribution in [2.75, 3.05) is 11.4 Å². The number of aryl methyl sites for hydroxylation is 2. The number of halogens is 2. The van der Waals surface area contributed by atoms with Gasteiger partial charge in [-0.3, -0.25) is 9.69 Å². The molecule has 29 heavy (non-hydrogen) atoms. The van der Waals surface area contributed by atoms with E-state index in [1.807, 2.05) is 29.8 Å². The molecule has 0 saturated carbocycles. The number of hydrogen-bond acceptors (Lipinski definition) is 4. The zero-order valence-electron chi connectivity index (χ0n) is 15.7. The maximum atomic E-state index is 14.1. The van der Waals surface area contributed by atoms with Gasteiger partial charge in [0.1, 0.15) is 11.3 Å². The molecular formula is C21H18F2N4OS. The van der Waals surface area contributed by atoms with Crippen molar-refractivity contribution >= 4 is 32.6 Å². The summed E-state index contributed by atoms with van der Waals surface area (Å²) in [5.74, 6) is -1.62. The predicted octanol–water partition coefficient (Wildman–Crippen LogP) is 4.82. The first-order valence-electron chi connectivity index (χ1n) is 9.11. The lowest BCUT2D eigenvalue weighted by Gasteiger charge is -2.20. The van der Waals surface area contributed by atoms with Crippen LogP contribution in [0.2, 0.25) is 0 Å². The molecule has 0 fully saturated rings. The minimum absolute atomic E-state index is 0.0720. The lowest BCUT2D eigenvalue weighted by Crippen LogP contribution is -2.32. The summed E-state index contributed by atoms with van der Waals surface area (Å²) in [7, 11) is 0. The molecule has 0 bridgehead atoms. The third-order valence-electron chi connectivity index (χ3n) is 4.53. The zero-order chi connectivity index (χ0) is 20.4. The normalized spacial score (nSPS) is 11.1. The Kier molecular flexibility index (Phi) is 5.35. The lowest BCUT2D eigenvalue weighted by molar-refractivity contribution is 0.0986. The van der Waals surface area contributed by atoms with Crippen molar-refractivity contribution < 1.29 is 13.6 Å². The highest BCUT2D eigenvalue weighted by Gasteiger charge is 2.22. The van der Waals surface area contributed by atoms with E-state index in [1.165, 1.54) is 11.0 Å². The molecule has 0 unspecified atom stereocenters. The van der Waals surface area contributed by atoms with E-state index in [9.17, 15) is 13.6 Å². The van der Waals surface area contributed by atoms with Crippen LogP contribution in [-0.2, 0) is 6.54 Å². The Labute approximate surface area is 170 Å². The highest BCUT2D eigenvalue weighted by molar-refractivity contribution is 7.22. The Hall–Kier alpha value is -3.13. The van der Waals surface area contributed by atoms with Gasteiger partial charge in [0.05, 0.1) is 11.0 Å². The Morgan fingerprint density at radius 3 is 2.72 bits per heavy atom. The van der Waals surface area contributed by atoms with Gasteiger partial charge in [-0.15, -0.1) is 0 Å². The Bertz CT molecular complexity index is 1140. The maximum Gasteiger partial charge on any atom is 0.260 e. The third-order valence-corrected chi connectivity index (χ3v) is 5.56. The van der Waals surface area contributed by atoms with E-state index in [-0.39, 0.29) is 11.4 Å². The van der Waals surface area contributed by atoms with Crippen molar-refractivity contribution in [1.82, 2.24) is 14.5 Å². The molecule has 0 radical (unpaired) electrons. The molecule has 0 aliphatic carbocycles. The van der Waals surface area contributed by atoms with Gasteiger partial charge in [-0.1, -0.05) is 29.0 Å². The first kappa shape index (κ1) is 19.2. The minimum Gasteiger partial charge on any atom is -0.337 e. The van der Waals surface area contributed by atoms with Gasteiger partial charge in [-0.25, -0.2) is 18.7 Å². The number of thiazole rings is 1. The van der Waals surface area contributed by atoms with Crippen LogP contribution in [0.15, 0.2) is 55.1 Å². The summed E-state index contributed by atoms with van der Waals surface area (Å²) in [6, 6.07) is 9.29. The van der Waals surface area contributed by atoms with Crippen LogP contribution in [0, 0.1) is 18.6 Å². The van der Waals surface area contributed by atoms with Gasteiger partial charge in [0.2, 0.25) is 0 Å². The quantitative estimate of drug-likeness (QED) is 0.456. The second kappa shape index (κ2) is 8.08. The van der Waals surface area contributed by atoms with Crippen LogP contribution in [-0.4, -0.2) is 27.0 Å². The van der Waals surface area contributed by atoms with E-state index in [2.05, 4.69) is 9.97 Å². The maximum absolute atomic E-state index is 14.1. The number of anilines is 1. The number of carbonyl (C=O) groups is 1. The highest BCUT2D eigenvalue weighted by atomic mass is 32.1. The fourth-order valence-corrected chi connectivity index (χ4v) is 4.06. The van der Waals surface area contributed by atoms with Crippen molar-refractivity contribution in [3.8, 4) is 0 Å². The minimum atomic E-state index is -0.733. The van der Waals surface area contributed by atoms with E-state index in [0.29, 0.717) is 34.9 Å². The smallest absolute Gasteiger partial charge is 0.260 e. The van der Waals surface area contributed by atoms with Crippen molar-refractivity contribution in [2.24, 2.45) is 0 Å². The van der Waals surface area contributed by atoms with Gasteiger partial charge < -0.3 is 4.57 Å². The van der Waals surface area contributed by atoms with Crippen LogP contribution in [0.3, 0.4) is 0 Å². The lowest BCUT2D eigenvalue weighted by atomic mass is 10.1. The van der Waals surface area contributed by atoms with Gasteiger partial charge in [-0.05, 0) is 31.5 Å². The Balaban J connectivity index is 1.66. The average Bonchev–Trinajstić information content (AvgIpc) is 3.35. The molecule has 4 rings (SSSR count). The number of imidazole rings is 1. The molecule has 8 heteroatoms. The molecule has 5 nitrogen and oxygen atoms in total. The third kappa shape index (κ3) is 4.17. The van der Waals surface area contributed by atoms with Gasteiger partial charge in [0, 0.05) is 37.1 Å². The molecule has 0 aliphatic rings. The molecule has 0 atom stereocenters. The number of carbonyl (C=O) groups excluding carboxylic acids is 1. The van der Waals surface area contributed by atoms with Crippen LogP contribution < -0.4 is 4.90 Å². The summed E-state index contributed by atoms with van der Waals surface area (Å²) < 4.78 is 30.0. The predicted molar refractivity (Wildman–Crippen MR) is 109 cm³/mol. The first-order valence-corrected chi connectivity index (χ1v) is 9.93. The second-order valence-electron chi connectivity index (χ2n) is 6.71. The van der Waals surface area contributed by atoms with E-state index in [0.717, 1.165) is 23.0 Å². The summed E-state index contributed by atoms with van der Waals surface area (Å²) in [4.78, 5) is 23.0. The van der Waals surface area contributed by atoms with Crippen LogP contribution >= 0.6 is 11.3 Å². The zero-order valence-corrected chi connectivity index (χ0v) is 16.5. The Morgan fingerprint density at radius 1 is 1.21 bits per heavy atom. The number of nitrogens with zero attached hydrogens (tertiary/aromatic N) is 4. The fraction of sp³-hybridized carbons (Fsp3) is 0.190. The SMILES string of the molecule is Cc1ccc(C(=O)N(CCCn2ccnc2)c2nc3c(F)cc(F)cc3s2)cc1. The molecule has 2 heterocycles. The molecule has 2 aromatic carbocycles. The van der Waals surface area contributed by atoms with Crippen LogP contribution in [0.5, 0.6) is 0 Å². The number of aromatic nitrogens is 3. The molecule has 0 saturated heterocycles. The van der Waals surface area contributed by atoms with Gasteiger partial charge >= 0.3 is 0 Å². The molecule has 0 spiro atoms. The van der Waals surface area contributed by atoms with Gasteiger partial charge in [-0.2, -0.15) is 0 Å². The summed E-state index contributed by atoms with van der Waals surface area (Å²) >= 11 is 1.10. The van der Waals surface area contributed by atoms with Crippen LogP contribution in [0.4, 0.5) is 13.9 Å². The number of rotatable bonds is 6. The largest absolute Gasteiger partial charge is 0.337 e. The number of benzene rings is 2. The summed E-state index contributed by atoms with van der Waals surface area (Å²) in [6.07, 6.45) is 5.91. The monoisotopic (exact) mass is 412 g/mol. The standard InChI is InChI=1S/C21H18F2N4OS/c1-14-3-5-15(6-4-14)20(28)27(9-2-8-26-10-7-24-13-26)21-25-19-17(23)11-16(22)12-18(19)29-21/h3-7,10-13H,2,8-9H2,1H3. The van der Waals surface area contributed by atoms with Crippen molar-refractivity contribution in [3.63, 3.8) is 0 Å². The number of amides is 1. The Morgan fingerprint density at radius 2 is 2.00 bits per heavy atom. The molecule has 2 aromatic heterocycles. The fourth-order valence-electron chi connectivity index (χ4n) is 3.03. The highest BCUT2D eigenvalue weighted by Crippen LogP contribution is 2.32. The number of hydrogen-bond donors (Lipinski definition) is 0. The molecular weight excluding hydrogens is 394 g/mol. The first-order chi connectivity index (χ1) is 14.0. The molecule has 148 valence electrons. The van der Waals surface area contributed by atoms with Crippen LogP contribution in [0.1, 0.15) is 22.3 Å². The topological polar surface area (TPSA) is 51.0 Å². The number of fused-ring (bicyclic) bond motifs is 1. The molecule has 4 aromatic rings. The van der Waals surface area contributed by atoms with Gasteiger partial charge in [0.15, 0.2) is 10.9 Å². The van der Waals surface area contributed by atoms with E-state index in [1.54, 1.807) is 24.7 Å². The van der Waals surface area contributed by atoms with Gasteiger partial charge in [0.25, 0.3) is 5.91 Å². The van der Waals surface area contributed by atoms with Crippen LogP contribution in [0.25, 0.3) is 10.2 Å². The average molecular weight is 412 g/mol. The van der Waals surface area contributed by atoms with E-state index < -0.39 is 11.6 Å². The summed E-state index contributed by atoms with van der Waals surface area (Å²) in [5.41, 5.74) is 1.64. The van der Waals surface area contributed by atoms with Crippen molar-refractivity contribution in [1.29, 1.82) is 0 Å². The van der Waals surface area contributed by atoms with E-state index in [4.69, 9.17) is 0 Å². The summed E-state index contributed by atoms with van der Waals surface area (Å²) in [5, 5.41) is 0.348. The molecule has 0 N–H and O–H groups in total. The molecule has 0 aliphatic heterocycles. The molecule has 1 amide bonds. The van der Waals surface area contributed by atoms with Crippen molar-refractivity contribution in [2.45, 2.75) is 19.9 Å². The second-order valence-corrected chi connectivity index (χ2v) is 7.72. The van der Waals surface area contributed by atoms with E-state index >= 15 is 0 Å². The van der Waals surface area contributed by atoms with Crippen molar-refractivity contribution in [3.05, 3.63) is 77.9 Å². The summed E-state index contributed by atoms with van der Waals surface area (Å²) in [6.45, 7) is 3.00.